The van der Waals surface area contributed by atoms with Gasteiger partial charge in [-0.05, 0) is 36.8 Å². The van der Waals surface area contributed by atoms with Gasteiger partial charge in [-0.25, -0.2) is 0 Å². The Bertz CT molecular complexity index is 632. The standard InChI is InChI=1S/C24H30O2/c1-3-5-7-9-19-11-15-21(16-12-19)23(25)24(26)22-17-13-20(14-18-22)10-8-6-4-2/h11-18H,3-10H2,1-2H3. The van der Waals surface area contributed by atoms with E-state index in [1.807, 2.05) is 24.3 Å². The molecule has 0 aliphatic rings. The van der Waals surface area contributed by atoms with Crippen LogP contribution in [-0.4, -0.2) is 11.6 Å². The molecule has 138 valence electrons. The van der Waals surface area contributed by atoms with Crippen LogP contribution in [0.25, 0.3) is 0 Å². The van der Waals surface area contributed by atoms with Crippen LogP contribution in [0.1, 0.15) is 84.2 Å². The van der Waals surface area contributed by atoms with E-state index in [0.29, 0.717) is 11.1 Å². The van der Waals surface area contributed by atoms with Gasteiger partial charge >= 0.3 is 0 Å². The predicted octanol–water partition coefficient (Wildman–Crippen LogP) is 6.22. The zero-order valence-corrected chi connectivity index (χ0v) is 16.1. The summed E-state index contributed by atoms with van der Waals surface area (Å²) in [5.74, 6) is -0.854. The van der Waals surface area contributed by atoms with E-state index < -0.39 is 11.6 Å². The van der Waals surface area contributed by atoms with Gasteiger partial charge in [0, 0.05) is 11.1 Å². The second kappa shape index (κ2) is 10.7. The average molecular weight is 351 g/mol. The lowest BCUT2D eigenvalue weighted by atomic mass is 9.98. The monoisotopic (exact) mass is 350 g/mol. The van der Waals surface area contributed by atoms with E-state index in [-0.39, 0.29) is 0 Å². The number of carbonyl (C=O) groups excluding carboxylic acids is 2. The largest absolute Gasteiger partial charge is 0.285 e. The first-order chi connectivity index (χ1) is 12.7. The first-order valence-electron chi connectivity index (χ1n) is 9.92. The number of carbonyl (C=O) groups is 2. The van der Waals surface area contributed by atoms with Gasteiger partial charge in [0.05, 0.1) is 0 Å². The van der Waals surface area contributed by atoms with Gasteiger partial charge < -0.3 is 0 Å². The number of Topliss-reactive ketones (excluding diaryl/α,β-unsaturated/α-hetero) is 2. The Balaban J connectivity index is 1.96. The van der Waals surface area contributed by atoms with Gasteiger partial charge in [0.1, 0.15) is 0 Å². The van der Waals surface area contributed by atoms with Crippen molar-refractivity contribution in [3.05, 3.63) is 70.8 Å². The first-order valence-corrected chi connectivity index (χ1v) is 9.92. The molecule has 0 saturated heterocycles. The number of ketones is 2. The van der Waals surface area contributed by atoms with E-state index >= 15 is 0 Å². The molecule has 0 amide bonds. The molecule has 0 aliphatic carbocycles. The van der Waals surface area contributed by atoms with Crippen LogP contribution in [-0.2, 0) is 12.8 Å². The minimum absolute atomic E-state index is 0.427. The summed E-state index contributed by atoms with van der Waals surface area (Å²) >= 11 is 0. The third kappa shape index (κ3) is 5.94. The van der Waals surface area contributed by atoms with Crippen LogP contribution in [0.3, 0.4) is 0 Å². The van der Waals surface area contributed by atoms with Crippen LogP contribution in [0.15, 0.2) is 48.5 Å². The van der Waals surface area contributed by atoms with Crippen LogP contribution in [0.4, 0.5) is 0 Å². The van der Waals surface area contributed by atoms with Gasteiger partial charge in [-0.2, -0.15) is 0 Å². The molecule has 0 aliphatic heterocycles. The van der Waals surface area contributed by atoms with Crippen molar-refractivity contribution >= 4 is 11.6 Å². The molecule has 0 radical (unpaired) electrons. The highest BCUT2D eigenvalue weighted by molar-refractivity contribution is 6.49. The summed E-state index contributed by atoms with van der Waals surface area (Å²) in [5.41, 5.74) is 3.39. The molecule has 2 aromatic carbocycles. The Labute approximate surface area is 157 Å². The van der Waals surface area contributed by atoms with E-state index in [2.05, 4.69) is 13.8 Å². The van der Waals surface area contributed by atoms with Crippen LogP contribution >= 0.6 is 0 Å². The summed E-state index contributed by atoms with van der Waals surface area (Å²) in [5, 5.41) is 0. The van der Waals surface area contributed by atoms with Gasteiger partial charge in [-0.1, -0.05) is 88.1 Å². The Hall–Kier alpha value is -2.22. The normalized spacial score (nSPS) is 10.7. The number of unbranched alkanes of at least 4 members (excludes halogenated alkanes) is 4. The second-order valence-corrected chi connectivity index (χ2v) is 6.97. The van der Waals surface area contributed by atoms with E-state index in [1.165, 1.54) is 36.8 Å². The molecule has 2 heteroatoms. The van der Waals surface area contributed by atoms with Crippen molar-refractivity contribution in [1.29, 1.82) is 0 Å². The van der Waals surface area contributed by atoms with E-state index in [4.69, 9.17) is 0 Å². The third-order valence-electron chi connectivity index (χ3n) is 4.78. The third-order valence-corrected chi connectivity index (χ3v) is 4.78. The molecule has 0 fully saturated rings. The Morgan fingerprint density at radius 2 is 0.923 bits per heavy atom. The summed E-state index contributed by atoms with van der Waals surface area (Å²) in [6.45, 7) is 4.37. The lowest BCUT2D eigenvalue weighted by molar-refractivity contribution is 0.0817. The molecule has 0 aromatic heterocycles. The maximum absolute atomic E-state index is 12.5. The maximum Gasteiger partial charge on any atom is 0.233 e. The van der Waals surface area contributed by atoms with E-state index in [9.17, 15) is 9.59 Å². The minimum Gasteiger partial charge on any atom is -0.285 e. The highest BCUT2D eigenvalue weighted by Gasteiger charge is 2.18. The zero-order valence-electron chi connectivity index (χ0n) is 16.1. The molecule has 26 heavy (non-hydrogen) atoms. The SMILES string of the molecule is CCCCCc1ccc(C(=O)C(=O)c2ccc(CCCCC)cc2)cc1. The number of hydrogen-bond acceptors (Lipinski definition) is 2. The van der Waals surface area contributed by atoms with E-state index in [1.54, 1.807) is 24.3 Å². The molecule has 0 spiro atoms. The summed E-state index contributed by atoms with van der Waals surface area (Å²) in [6, 6.07) is 15.0. The summed E-state index contributed by atoms with van der Waals surface area (Å²) in [7, 11) is 0. The van der Waals surface area contributed by atoms with Crippen molar-refractivity contribution in [3.63, 3.8) is 0 Å². The molecule has 2 aromatic rings. The summed E-state index contributed by atoms with van der Waals surface area (Å²) in [6.07, 6.45) is 9.19. The molecule has 0 N–H and O–H groups in total. The molecule has 2 nitrogen and oxygen atoms in total. The molecular formula is C24H30O2. The van der Waals surface area contributed by atoms with Gasteiger partial charge in [-0.3, -0.25) is 9.59 Å². The highest BCUT2D eigenvalue weighted by Crippen LogP contribution is 2.14. The van der Waals surface area contributed by atoms with Gasteiger partial charge in [0.2, 0.25) is 11.6 Å². The number of rotatable bonds is 11. The van der Waals surface area contributed by atoms with Crippen LogP contribution < -0.4 is 0 Å². The van der Waals surface area contributed by atoms with Crippen LogP contribution in [0, 0.1) is 0 Å². The van der Waals surface area contributed by atoms with E-state index in [0.717, 1.165) is 25.7 Å². The highest BCUT2D eigenvalue weighted by atomic mass is 16.2. The maximum atomic E-state index is 12.5. The average Bonchev–Trinajstić information content (AvgIpc) is 2.68. The fourth-order valence-corrected chi connectivity index (χ4v) is 3.07. The zero-order chi connectivity index (χ0) is 18.8. The van der Waals surface area contributed by atoms with Crippen LogP contribution in [0.5, 0.6) is 0 Å². The Morgan fingerprint density at radius 1 is 0.577 bits per heavy atom. The number of benzene rings is 2. The Morgan fingerprint density at radius 3 is 1.23 bits per heavy atom. The molecular weight excluding hydrogens is 320 g/mol. The quantitative estimate of drug-likeness (QED) is 0.274. The molecule has 2 rings (SSSR count). The Kier molecular flexibility index (Phi) is 8.27. The fraction of sp³-hybridized carbons (Fsp3) is 0.417. The smallest absolute Gasteiger partial charge is 0.233 e. The molecule has 0 saturated carbocycles. The molecule has 0 heterocycles. The lowest BCUT2D eigenvalue weighted by Gasteiger charge is -2.05. The fourth-order valence-electron chi connectivity index (χ4n) is 3.07. The first kappa shape index (κ1) is 20.1. The van der Waals surface area contributed by atoms with Crippen molar-refractivity contribution in [2.45, 2.75) is 65.2 Å². The lowest BCUT2D eigenvalue weighted by Crippen LogP contribution is -2.14. The van der Waals surface area contributed by atoms with Gasteiger partial charge in [0.25, 0.3) is 0 Å². The van der Waals surface area contributed by atoms with Crippen molar-refractivity contribution in [2.24, 2.45) is 0 Å². The van der Waals surface area contributed by atoms with Crippen LogP contribution in [0.2, 0.25) is 0 Å². The van der Waals surface area contributed by atoms with Crippen molar-refractivity contribution in [2.75, 3.05) is 0 Å². The van der Waals surface area contributed by atoms with Gasteiger partial charge in [-0.15, -0.1) is 0 Å². The topological polar surface area (TPSA) is 34.1 Å². The van der Waals surface area contributed by atoms with Crippen molar-refractivity contribution < 1.29 is 9.59 Å². The number of hydrogen-bond donors (Lipinski definition) is 0. The minimum atomic E-state index is -0.427. The molecule has 0 atom stereocenters. The van der Waals surface area contributed by atoms with Crippen molar-refractivity contribution in [3.8, 4) is 0 Å². The second-order valence-electron chi connectivity index (χ2n) is 6.97. The molecule has 0 bridgehead atoms. The summed E-state index contributed by atoms with van der Waals surface area (Å²) in [4.78, 5) is 24.9. The predicted molar refractivity (Wildman–Crippen MR) is 108 cm³/mol. The van der Waals surface area contributed by atoms with Gasteiger partial charge in [0.15, 0.2) is 0 Å². The number of aryl methyl sites for hydroxylation is 2. The molecule has 0 unspecified atom stereocenters. The summed E-state index contributed by atoms with van der Waals surface area (Å²) < 4.78 is 0. The van der Waals surface area contributed by atoms with Crippen molar-refractivity contribution in [1.82, 2.24) is 0 Å².